The summed E-state index contributed by atoms with van der Waals surface area (Å²) in [5.41, 5.74) is 4.47. The fraction of sp³-hybridized carbons (Fsp3) is 0.167. The first kappa shape index (κ1) is 50.2. The van der Waals surface area contributed by atoms with Crippen molar-refractivity contribution in [1.82, 2.24) is 0 Å². The van der Waals surface area contributed by atoms with Crippen molar-refractivity contribution in [2.75, 3.05) is 26.4 Å². The minimum atomic E-state index is -0.866. The summed E-state index contributed by atoms with van der Waals surface area (Å²) >= 11 is 0.690. The van der Waals surface area contributed by atoms with E-state index >= 15 is 4.39 Å². The number of rotatable bonds is 20. The second kappa shape index (κ2) is 23.7. The minimum Gasteiger partial charge on any atom is -0.491 e. The molecular weight excluding hydrogens is 953 g/mol. The van der Waals surface area contributed by atoms with Crippen LogP contribution in [0.2, 0.25) is 0 Å². The number of unbranched alkanes of at least 4 members (excludes halogenated alkanes) is 3. The highest BCUT2D eigenvalue weighted by Gasteiger charge is 2.22. The van der Waals surface area contributed by atoms with Crippen LogP contribution in [0.15, 0.2) is 173 Å². The second-order valence-electron chi connectivity index (χ2n) is 17.4. The molecule has 8 nitrogen and oxygen atoms in total. The number of hydrogen-bond acceptors (Lipinski definition) is 9. The molecule has 0 aliphatic carbocycles. The molecule has 0 amide bonds. The van der Waals surface area contributed by atoms with Gasteiger partial charge in [-0.25, -0.2) is 22.4 Å². The summed E-state index contributed by atoms with van der Waals surface area (Å²) in [5, 5.41) is 11.6. The first-order chi connectivity index (χ1) is 35.6. The number of epoxide rings is 1. The molecule has 13 heteroatoms. The first-order valence-electron chi connectivity index (χ1n) is 23.8. The van der Waals surface area contributed by atoms with Crippen molar-refractivity contribution in [1.29, 1.82) is 0 Å². The third-order valence-electron chi connectivity index (χ3n) is 12.1. The average molecular weight is 1000 g/mol. The molecule has 8 aromatic carbocycles. The number of esters is 1. The van der Waals surface area contributed by atoms with Gasteiger partial charge in [-0.15, -0.1) is 5.10 Å². The maximum atomic E-state index is 16.1. The molecule has 0 aromatic heterocycles. The number of carbonyl (C=O) groups is 2. The van der Waals surface area contributed by atoms with Crippen molar-refractivity contribution >= 4 is 62.4 Å². The normalized spacial score (nSPS) is 13.6. The van der Waals surface area contributed by atoms with E-state index in [1.807, 2.05) is 72.8 Å². The highest BCUT2D eigenvalue weighted by atomic mass is 32.2. The van der Waals surface area contributed by atoms with E-state index in [1.165, 1.54) is 37.4 Å². The molecule has 0 saturated carbocycles. The Morgan fingerprint density at radius 3 is 2.19 bits per heavy atom. The number of halogens is 4. The maximum absolute atomic E-state index is 16.1. The van der Waals surface area contributed by atoms with Gasteiger partial charge in [0.2, 0.25) is 5.12 Å². The van der Waals surface area contributed by atoms with Crippen LogP contribution < -0.4 is 9.47 Å². The molecule has 1 atom stereocenters. The molecule has 1 aliphatic rings. The molecule has 9 rings (SSSR count). The van der Waals surface area contributed by atoms with Crippen LogP contribution in [0, 0.1) is 30.2 Å². The molecule has 0 spiro atoms. The van der Waals surface area contributed by atoms with Gasteiger partial charge in [0, 0.05) is 50.8 Å². The van der Waals surface area contributed by atoms with Gasteiger partial charge in [-0.2, -0.15) is 5.10 Å². The Morgan fingerprint density at radius 1 is 0.685 bits per heavy atom. The largest absolute Gasteiger partial charge is 0.491 e. The van der Waals surface area contributed by atoms with Crippen LogP contribution in [-0.4, -0.2) is 55.5 Å². The summed E-state index contributed by atoms with van der Waals surface area (Å²) in [6, 6.07) is 43.1. The van der Waals surface area contributed by atoms with E-state index < -0.39 is 34.4 Å². The lowest BCUT2D eigenvalue weighted by Gasteiger charge is -2.12. The maximum Gasteiger partial charge on any atom is 0.336 e. The lowest BCUT2D eigenvalue weighted by Crippen LogP contribution is -2.05. The molecule has 0 radical (unpaired) electrons. The summed E-state index contributed by atoms with van der Waals surface area (Å²) in [6.45, 7) is 3.80. The van der Waals surface area contributed by atoms with Crippen LogP contribution in [0.3, 0.4) is 0 Å². The zero-order chi connectivity index (χ0) is 50.7. The van der Waals surface area contributed by atoms with Gasteiger partial charge in [0.05, 0.1) is 26.0 Å². The van der Waals surface area contributed by atoms with Gasteiger partial charge in [-0.05, 0) is 131 Å². The average Bonchev–Trinajstić information content (AvgIpc) is 4.24. The van der Waals surface area contributed by atoms with Crippen LogP contribution in [0.5, 0.6) is 11.5 Å². The van der Waals surface area contributed by atoms with Gasteiger partial charge in [0.15, 0.2) is 23.1 Å². The van der Waals surface area contributed by atoms with Crippen LogP contribution in [0.4, 0.5) is 17.6 Å². The first-order valence-corrected chi connectivity index (χ1v) is 24.6. The molecule has 0 bridgehead atoms. The summed E-state index contributed by atoms with van der Waals surface area (Å²) in [7, 11) is 0. The highest BCUT2D eigenvalue weighted by Crippen LogP contribution is 2.34. The predicted molar refractivity (Wildman–Crippen MR) is 280 cm³/mol. The van der Waals surface area contributed by atoms with E-state index in [2.05, 4.69) is 5.10 Å². The van der Waals surface area contributed by atoms with Gasteiger partial charge in [-0.3, -0.25) is 4.79 Å². The lowest BCUT2D eigenvalue weighted by atomic mass is 9.96. The van der Waals surface area contributed by atoms with Crippen molar-refractivity contribution in [3.63, 3.8) is 0 Å². The van der Waals surface area contributed by atoms with Crippen molar-refractivity contribution < 1.29 is 46.1 Å². The molecule has 73 heavy (non-hydrogen) atoms. The standard InChI is InChI=1S/C60H48F4N2O6S/c1-38-52(61)33-49(34-53(38)62)73-60(68)46-20-22-50(47(32-46)35-65-66-59(41-12-5-4-6-13-41)45-18-17-40-11-7-8-14-42(40)30-45)43-19-23-51-44(31-43)21-25-56(58(51)64)72-57(67)26-16-39-15-24-55(54(63)29-39)70-28-10-3-2-9-27-69-36-48-37-71-48/h4-8,11-26,29-35,48H,2-3,9-10,27-28,36-37H2,1H3/b26-16+,65-35+,66-59+. The van der Waals surface area contributed by atoms with Crippen LogP contribution in [0.25, 0.3) is 38.7 Å². The van der Waals surface area contributed by atoms with E-state index in [1.54, 1.807) is 48.5 Å². The SMILES string of the molecule is Cc1c(F)cc(SC(=O)c2ccc(-c3ccc4c(F)c(OC(=O)/C=C/c5ccc(OCCCCCCOCC6CO6)c(F)c5)ccc4c3)c(/C=N/N=C(\c3ccccc3)c3ccc4ccccc4c3)c2)cc1F. The van der Waals surface area contributed by atoms with E-state index in [-0.39, 0.29) is 39.0 Å². The van der Waals surface area contributed by atoms with E-state index in [0.717, 1.165) is 72.4 Å². The minimum absolute atomic E-state index is 0.107. The molecular formula is C60H48F4N2O6S. The fourth-order valence-electron chi connectivity index (χ4n) is 8.05. The molecule has 1 aliphatic heterocycles. The zero-order valence-electron chi connectivity index (χ0n) is 39.7. The fourth-order valence-corrected chi connectivity index (χ4v) is 8.84. The number of carbonyl (C=O) groups excluding carboxylic acids is 2. The van der Waals surface area contributed by atoms with Gasteiger partial charge in [0.25, 0.3) is 0 Å². The third kappa shape index (κ3) is 13.0. The van der Waals surface area contributed by atoms with Gasteiger partial charge in [0.1, 0.15) is 23.5 Å². The highest BCUT2D eigenvalue weighted by molar-refractivity contribution is 8.14. The second-order valence-corrected chi connectivity index (χ2v) is 18.4. The molecule has 8 aromatic rings. The smallest absolute Gasteiger partial charge is 0.336 e. The molecule has 1 saturated heterocycles. The van der Waals surface area contributed by atoms with Crippen molar-refractivity contribution in [2.24, 2.45) is 10.2 Å². The molecule has 0 N–H and O–H groups in total. The number of ether oxygens (including phenoxy) is 4. The van der Waals surface area contributed by atoms with E-state index in [0.29, 0.717) is 64.9 Å². The van der Waals surface area contributed by atoms with E-state index in [4.69, 9.17) is 24.0 Å². The van der Waals surface area contributed by atoms with Crippen LogP contribution >= 0.6 is 11.8 Å². The summed E-state index contributed by atoms with van der Waals surface area (Å²) in [4.78, 5) is 26.7. The summed E-state index contributed by atoms with van der Waals surface area (Å²) in [6.07, 6.45) is 7.87. The van der Waals surface area contributed by atoms with Crippen LogP contribution in [0.1, 0.15) is 63.9 Å². The third-order valence-corrected chi connectivity index (χ3v) is 13.0. The van der Waals surface area contributed by atoms with Gasteiger partial charge < -0.3 is 18.9 Å². The number of hydrogen-bond donors (Lipinski definition) is 0. The van der Waals surface area contributed by atoms with Crippen molar-refractivity contribution in [3.05, 3.63) is 214 Å². The topological polar surface area (TPSA) is 99.1 Å². The van der Waals surface area contributed by atoms with Crippen molar-refractivity contribution in [2.45, 2.75) is 43.6 Å². The molecule has 1 fully saturated rings. The van der Waals surface area contributed by atoms with Gasteiger partial charge >= 0.3 is 5.97 Å². The molecule has 1 unspecified atom stereocenters. The van der Waals surface area contributed by atoms with Crippen LogP contribution in [-0.2, 0) is 14.3 Å². The number of fused-ring (bicyclic) bond motifs is 2. The quantitative estimate of drug-likeness (QED) is 0.00863. The Kier molecular flexibility index (Phi) is 16.3. The number of thioether (sulfide) groups is 1. The molecule has 368 valence electrons. The Bertz CT molecular complexity index is 3390. The monoisotopic (exact) mass is 1000 g/mol. The summed E-state index contributed by atoms with van der Waals surface area (Å²) < 4.78 is 81.5. The van der Waals surface area contributed by atoms with Crippen molar-refractivity contribution in [3.8, 4) is 22.6 Å². The number of nitrogens with zero attached hydrogens (tertiary/aromatic N) is 2. The Morgan fingerprint density at radius 2 is 1.41 bits per heavy atom. The number of benzene rings is 8. The lowest BCUT2D eigenvalue weighted by molar-refractivity contribution is -0.129. The summed E-state index contributed by atoms with van der Waals surface area (Å²) in [5.74, 6) is -3.93. The zero-order valence-corrected chi connectivity index (χ0v) is 40.5. The predicted octanol–water partition coefficient (Wildman–Crippen LogP) is 14.3. The Labute approximate surface area is 424 Å². The Balaban J connectivity index is 0.921. The Hall–Kier alpha value is -7.71. The van der Waals surface area contributed by atoms with E-state index in [9.17, 15) is 22.8 Å². The van der Waals surface area contributed by atoms with Gasteiger partial charge in [-0.1, -0.05) is 103 Å². The molecule has 1 heterocycles.